The Hall–Kier alpha value is -1.06. The Morgan fingerprint density at radius 2 is 1.64 bits per heavy atom. The summed E-state index contributed by atoms with van der Waals surface area (Å²) < 4.78 is 5.94. The van der Waals surface area contributed by atoms with Crippen molar-refractivity contribution in [1.82, 2.24) is 4.90 Å². The molecule has 1 saturated heterocycles. The number of hydrogen-bond donors (Lipinski definition) is 1. The van der Waals surface area contributed by atoms with Crippen LogP contribution in [0.4, 0.5) is 0 Å². The van der Waals surface area contributed by atoms with Crippen LogP contribution in [0.5, 0.6) is 5.75 Å². The fourth-order valence-electron chi connectivity index (χ4n) is 4.70. The molecule has 1 aromatic carbocycles. The zero-order valence-electron chi connectivity index (χ0n) is 16.0. The number of nitrogens with zero attached hydrogens (tertiary/aromatic N) is 1. The SMILES string of the molecule is C[C@H]1C[C@H](C)CN(CCCOc2ccc(C3CCC(O)CC3)cc2)C1. The van der Waals surface area contributed by atoms with E-state index >= 15 is 0 Å². The molecule has 2 fully saturated rings. The first-order valence-electron chi connectivity index (χ1n) is 10.2. The van der Waals surface area contributed by atoms with Crippen molar-refractivity contribution in [2.24, 2.45) is 11.8 Å². The van der Waals surface area contributed by atoms with Crippen LogP contribution in [-0.4, -0.2) is 42.4 Å². The number of likely N-dealkylation sites (tertiary alicyclic amines) is 1. The number of rotatable bonds is 6. The topological polar surface area (TPSA) is 32.7 Å². The number of aliphatic hydroxyl groups is 1. The second kappa shape index (κ2) is 9.05. The van der Waals surface area contributed by atoms with Gasteiger partial charge in [0.05, 0.1) is 12.7 Å². The van der Waals surface area contributed by atoms with Crippen LogP contribution in [0.3, 0.4) is 0 Å². The Morgan fingerprint density at radius 3 is 2.28 bits per heavy atom. The summed E-state index contributed by atoms with van der Waals surface area (Å²) in [6, 6.07) is 8.66. The summed E-state index contributed by atoms with van der Waals surface area (Å²) in [4.78, 5) is 2.60. The first kappa shape index (κ1) is 18.7. The Bertz CT molecular complexity index is 497. The molecule has 1 heterocycles. The predicted molar refractivity (Wildman–Crippen MR) is 103 cm³/mol. The standard InChI is InChI=1S/C22H35NO2/c1-17-14-18(2)16-23(15-17)12-3-13-25-22-10-6-20(7-11-22)19-4-8-21(24)9-5-19/h6-7,10-11,17-19,21,24H,3-5,8-9,12-16H2,1-2H3/t17-,18-,19?,21?/m0/s1. The molecule has 0 bridgehead atoms. The van der Waals surface area contributed by atoms with Crippen molar-refractivity contribution < 1.29 is 9.84 Å². The zero-order valence-corrected chi connectivity index (χ0v) is 16.0. The van der Waals surface area contributed by atoms with Gasteiger partial charge in [0.25, 0.3) is 0 Å². The normalized spacial score (nSPS) is 31.0. The predicted octanol–water partition coefficient (Wildman–Crippen LogP) is 4.45. The monoisotopic (exact) mass is 345 g/mol. The van der Waals surface area contributed by atoms with E-state index in [4.69, 9.17) is 4.74 Å². The van der Waals surface area contributed by atoms with Crippen LogP contribution < -0.4 is 4.74 Å². The van der Waals surface area contributed by atoms with E-state index in [0.29, 0.717) is 5.92 Å². The molecule has 1 aliphatic heterocycles. The lowest BCUT2D eigenvalue weighted by Gasteiger charge is -2.34. The van der Waals surface area contributed by atoms with Gasteiger partial charge in [-0.2, -0.15) is 0 Å². The van der Waals surface area contributed by atoms with E-state index in [1.165, 1.54) is 25.1 Å². The van der Waals surface area contributed by atoms with Gasteiger partial charge in [-0.05, 0) is 74.0 Å². The summed E-state index contributed by atoms with van der Waals surface area (Å²) in [5.41, 5.74) is 1.40. The lowest BCUT2D eigenvalue weighted by Crippen LogP contribution is -2.39. The molecule has 0 spiro atoms. The highest BCUT2D eigenvalue weighted by Gasteiger charge is 2.21. The van der Waals surface area contributed by atoms with Crippen LogP contribution in [0.15, 0.2) is 24.3 Å². The highest BCUT2D eigenvalue weighted by atomic mass is 16.5. The molecule has 1 aromatic rings. The molecule has 3 nitrogen and oxygen atoms in total. The molecule has 2 atom stereocenters. The Kier molecular flexibility index (Phi) is 6.77. The maximum atomic E-state index is 9.64. The summed E-state index contributed by atoms with van der Waals surface area (Å²) in [7, 11) is 0. The third-order valence-corrected chi connectivity index (χ3v) is 5.88. The van der Waals surface area contributed by atoms with Crippen molar-refractivity contribution in [3.63, 3.8) is 0 Å². The molecule has 140 valence electrons. The van der Waals surface area contributed by atoms with Gasteiger partial charge in [0.1, 0.15) is 5.75 Å². The van der Waals surface area contributed by atoms with Crippen LogP contribution in [0, 0.1) is 11.8 Å². The van der Waals surface area contributed by atoms with Crippen molar-refractivity contribution >= 4 is 0 Å². The van der Waals surface area contributed by atoms with Gasteiger partial charge in [0.15, 0.2) is 0 Å². The fraction of sp³-hybridized carbons (Fsp3) is 0.727. The zero-order chi connectivity index (χ0) is 17.6. The van der Waals surface area contributed by atoms with Gasteiger partial charge in [0.2, 0.25) is 0 Å². The summed E-state index contributed by atoms with van der Waals surface area (Å²) in [5.74, 6) is 3.26. The highest BCUT2D eigenvalue weighted by Crippen LogP contribution is 2.33. The number of ether oxygens (including phenoxy) is 1. The van der Waals surface area contributed by atoms with Gasteiger partial charge >= 0.3 is 0 Å². The maximum absolute atomic E-state index is 9.64. The summed E-state index contributed by atoms with van der Waals surface area (Å²) in [6.45, 7) is 9.18. The van der Waals surface area contributed by atoms with Gasteiger partial charge in [-0.3, -0.25) is 0 Å². The largest absolute Gasteiger partial charge is 0.494 e. The van der Waals surface area contributed by atoms with E-state index in [1.54, 1.807) is 0 Å². The number of aliphatic hydroxyl groups excluding tert-OH is 1. The van der Waals surface area contributed by atoms with Crippen molar-refractivity contribution in [2.45, 2.75) is 64.4 Å². The number of benzene rings is 1. The molecule has 0 aromatic heterocycles. The van der Waals surface area contributed by atoms with Gasteiger partial charge in [-0.15, -0.1) is 0 Å². The highest BCUT2D eigenvalue weighted by molar-refractivity contribution is 5.29. The van der Waals surface area contributed by atoms with Crippen LogP contribution in [0.25, 0.3) is 0 Å². The molecular weight excluding hydrogens is 310 g/mol. The lowest BCUT2D eigenvalue weighted by atomic mass is 9.83. The number of hydrogen-bond acceptors (Lipinski definition) is 3. The summed E-state index contributed by atoms with van der Waals surface area (Å²) >= 11 is 0. The molecule has 0 amide bonds. The van der Waals surface area contributed by atoms with Crippen molar-refractivity contribution in [3.05, 3.63) is 29.8 Å². The van der Waals surface area contributed by atoms with Crippen LogP contribution in [-0.2, 0) is 0 Å². The van der Waals surface area contributed by atoms with Crippen LogP contribution in [0.1, 0.15) is 63.9 Å². The smallest absolute Gasteiger partial charge is 0.119 e. The van der Waals surface area contributed by atoms with Crippen molar-refractivity contribution in [3.8, 4) is 5.75 Å². The minimum Gasteiger partial charge on any atom is -0.494 e. The average molecular weight is 346 g/mol. The van der Waals surface area contributed by atoms with E-state index < -0.39 is 0 Å². The molecule has 3 rings (SSSR count). The van der Waals surface area contributed by atoms with Crippen LogP contribution >= 0.6 is 0 Å². The molecule has 1 saturated carbocycles. The van der Waals surface area contributed by atoms with Gasteiger partial charge in [0, 0.05) is 19.6 Å². The summed E-state index contributed by atoms with van der Waals surface area (Å²) in [5, 5.41) is 9.64. The van der Waals surface area contributed by atoms with E-state index in [9.17, 15) is 5.11 Å². The molecular formula is C22H35NO2. The second-order valence-electron chi connectivity index (χ2n) is 8.48. The number of piperidine rings is 1. The van der Waals surface area contributed by atoms with Crippen molar-refractivity contribution in [1.29, 1.82) is 0 Å². The molecule has 0 radical (unpaired) electrons. The van der Waals surface area contributed by atoms with Gasteiger partial charge in [-0.25, -0.2) is 0 Å². The maximum Gasteiger partial charge on any atom is 0.119 e. The minimum atomic E-state index is -0.0789. The van der Waals surface area contributed by atoms with E-state index in [-0.39, 0.29) is 6.10 Å². The lowest BCUT2D eigenvalue weighted by molar-refractivity contribution is 0.122. The fourth-order valence-corrected chi connectivity index (χ4v) is 4.70. The van der Waals surface area contributed by atoms with Gasteiger partial charge < -0.3 is 14.7 Å². The first-order valence-corrected chi connectivity index (χ1v) is 10.2. The molecule has 2 aliphatic rings. The minimum absolute atomic E-state index is 0.0789. The van der Waals surface area contributed by atoms with Gasteiger partial charge in [-0.1, -0.05) is 26.0 Å². The quantitative estimate of drug-likeness (QED) is 0.773. The third kappa shape index (κ3) is 5.72. The Balaban J connectivity index is 1.37. The van der Waals surface area contributed by atoms with Crippen molar-refractivity contribution in [2.75, 3.05) is 26.2 Å². The average Bonchev–Trinajstić information content (AvgIpc) is 2.59. The third-order valence-electron chi connectivity index (χ3n) is 5.88. The Labute approximate surface area is 153 Å². The molecule has 0 unspecified atom stereocenters. The Morgan fingerprint density at radius 1 is 1.00 bits per heavy atom. The second-order valence-corrected chi connectivity index (χ2v) is 8.48. The molecule has 25 heavy (non-hydrogen) atoms. The summed E-state index contributed by atoms with van der Waals surface area (Å²) in [6.07, 6.45) is 6.49. The molecule has 1 aliphatic carbocycles. The first-order chi connectivity index (χ1) is 12.1. The van der Waals surface area contributed by atoms with E-state index in [2.05, 4.69) is 43.0 Å². The molecule has 3 heteroatoms. The van der Waals surface area contributed by atoms with E-state index in [0.717, 1.165) is 62.8 Å². The van der Waals surface area contributed by atoms with E-state index in [1.807, 2.05) is 0 Å². The molecule has 1 N–H and O–H groups in total. The van der Waals surface area contributed by atoms with Crippen LogP contribution in [0.2, 0.25) is 0 Å².